The Morgan fingerprint density at radius 1 is 1.19 bits per heavy atom. The standard InChI is InChI=1S/C17H15BrN2O/c1-11-17(18)15(20(2)19-11)10-16(21)14-8-7-12-5-3-4-6-13(12)9-14/h3-9H,10H2,1-2H3. The van der Waals surface area contributed by atoms with E-state index in [0.717, 1.165) is 32.2 Å². The molecular formula is C17H15BrN2O. The number of carbonyl (C=O) groups excluding carboxylic acids is 1. The second kappa shape index (κ2) is 5.45. The van der Waals surface area contributed by atoms with Crippen molar-refractivity contribution in [2.75, 3.05) is 0 Å². The first-order valence-electron chi connectivity index (χ1n) is 6.76. The lowest BCUT2D eigenvalue weighted by molar-refractivity contribution is 0.0990. The molecule has 0 aliphatic heterocycles. The van der Waals surface area contributed by atoms with Crippen molar-refractivity contribution < 1.29 is 4.79 Å². The number of hydrogen-bond donors (Lipinski definition) is 0. The number of rotatable bonds is 3. The Labute approximate surface area is 131 Å². The molecule has 0 saturated carbocycles. The normalized spacial score (nSPS) is 11.0. The summed E-state index contributed by atoms with van der Waals surface area (Å²) in [4.78, 5) is 12.5. The van der Waals surface area contributed by atoms with Crippen LogP contribution >= 0.6 is 15.9 Å². The molecule has 0 radical (unpaired) electrons. The second-order valence-corrected chi connectivity index (χ2v) is 5.92. The summed E-state index contributed by atoms with van der Waals surface area (Å²) in [7, 11) is 1.86. The summed E-state index contributed by atoms with van der Waals surface area (Å²) in [6.45, 7) is 1.92. The lowest BCUT2D eigenvalue weighted by Gasteiger charge is -2.05. The molecule has 3 rings (SSSR count). The lowest BCUT2D eigenvalue weighted by Crippen LogP contribution is -2.08. The molecule has 1 heterocycles. The van der Waals surface area contributed by atoms with Crippen LogP contribution in [0, 0.1) is 6.92 Å². The molecule has 0 aliphatic carbocycles. The van der Waals surface area contributed by atoms with E-state index in [-0.39, 0.29) is 5.78 Å². The first kappa shape index (κ1) is 14.0. The smallest absolute Gasteiger partial charge is 0.168 e. The molecule has 21 heavy (non-hydrogen) atoms. The van der Waals surface area contributed by atoms with Crippen molar-refractivity contribution in [3.8, 4) is 0 Å². The van der Waals surface area contributed by atoms with Gasteiger partial charge < -0.3 is 0 Å². The molecule has 0 fully saturated rings. The molecule has 2 aromatic carbocycles. The molecule has 0 bridgehead atoms. The highest BCUT2D eigenvalue weighted by atomic mass is 79.9. The third kappa shape index (κ3) is 2.63. The van der Waals surface area contributed by atoms with Crippen LogP contribution in [-0.2, 0) is 13.5 Å². The van der Waals surface area contributed by atoms with Crippen molar-refractivity contribution in [2.24, 2.45) is 7.05 Å². The molecule has 0 saturated heterocycles. The largest absolute Gasteiger partial charge is 0.294 e. The van der Waals surface area contributed by atoms with Crippen molar-refractivity contribution >= 4 is 32.5 Å². The van der Waals surface area contributed by atoms with Crippen molar-refractivity contribution in [1.29, 1.82) is 0 Å². The van der Waals surface area contributed by atoms with Gasteiger partial charge in [0.15, 0.2) is 5.78 Å². The summed E-state index contributed by atoms with van der Waals surface area (Å²) >= 11 is 3.51. The predicted molar refractivity (Wildman–Crippen MR) is 87.6 cm³/mol. The fourth-order valence-corrected chi connectivity index (χ4v) is 2.97. The van der Waals surface area contributed by atoms with Crippen molar-refractivity contribution in [1.82, 2.24) is 9.78 Å². The van der Waals surface area contributed by atoms with E-state index in [1.807, 2.05) is 56.4 Å². The maximum Gasteiger partial charge on any atom is 0.168 e. The Morgan fingerprint density at radius 3 is 2.57 bits per heavy atom. The molecule has 106 valence electrons. The van der Waals surface area contributed by atoms with Crippen molar-refractivity contribution in [3.63, 3.8) is 0 Å². The zero-order valence-electron chi connectivity index (χ0n) is 11.9. The highest BCUT2D eigenvalue weighted by Gasteiger charge is 2.15. The number of carbonyl (C=O) groups is 1. The third-order valence-electron chi connectivity index (χ3n) is 3.66. The summed E-state index contributed by atoms with van der Waals surface area (Å²) in [5.41, 5.74) is 2.55. The first-order valence-corrected chi connectivity index (χ1v) is 7.55. The van der Waals surface area contributed by atoms with Gasteiger partial charge in [0.1, 0.15) is 0 Å². The highest BCUT2D eigenvalue weighted by Crippen LogP contribution is 2.23. The van der Waals surface area contributed by atoms with Crippen molar-refractivity contribution in [2.45, 2.75) is 13.3 Å². The summed E-state index contributed by atoms with van der Waals surface area (Å²) < 4.78 is 2.68. The maximum absolute atomic E-state index is 12.5. The van der Waals surface area contributed by atoms with E-state index in [1.54, 1.807) is 4.68 Å². The van der Waals surface area contributed by atoms with Gasteiger partial charge in [-0.1, -0.05) is 36.4 Å². The van der Waals surface area contributed by atoms with Gasteiger partial charge in [0.05, 0.1) is 22.3 Å². The number of aryl methyl sites for hydroxylation is 2. The van der Waals surface area contributed by atoms with Gasteiger partial charge in [-0.15, -0.1) is 0 Å². The Morgan fingerprint density at radius 2 is 1.90 bits per heavy atom. The van der Waals surface area contributed by atoms with Crippen LogP contribution in [0.15, 0.2) is 46.9 Å². The highest BCUT2D eigenvalue weighted by molar-refractivity contribution is 9.10. The number of fused-ring (bicyclic) bond motifs is 1. The van der Waals surface area contributed by atoms with Gasteiger partial charge in [-0.05, 0) is 39.7 Å². The Balaban J connectivity index is 1.93. The van der Waals surface area contributed by atoms with Crippen LogP contribution in [0.1, 0.15) is 21.7 Å². The fraction of sp³-hybridized carbons (Fsp3) is 0.176. The van der Waals surface area contributed by atoms with Crippen LogP contribution in [0.3, 0.4) is 0 Å². The number of hydrogen-bond acceptors (Lipinski definition) is 2. The summed E-state index contributed by atoms with van der Waals surface area (Å²) in [6, 6.07) is 13.9. The molecule has 1 aromatic heterocycles. The second-order valence-electron chi connectivity index (χ2n) is 5.13. The van der Waals surface area contributed by atoms with Crippen molar-refractivity contribution in [3.05, 3.63) is 63.9 Å². The Hall–Kier alpha value is -1.94. The van der Waals surface area contributed by atoms with E-state index >= 15 is 0 Å². The maximum atomic E-state index is 12.5. The molecule has 0 N–H and O–H groups in total. The van der Waals surface area contributed by atoms with Gasteiger partial charge in [-0.3, -0.25) is 9.48 Å². The summed E-state index contributed by atoms with van der Waals surface area (Å²) in [6.07, 6.45) is 0.344. The number of ketones is 1. The number of halogens is 1. The third-order valence-corrected chi connectivity index (χ3v) is 4.69. The average Bonchev–Trinajstić information content (AvgIpc) is 2.73. The zero-order valence-corrected chi connectivity index (χ0v) is 13.5. The number of benzene rings is 2. The molecule has 0 amide bonds. The number of nitrogens with zero attached hydrogens (tertiary/aromatic N) is 2. The zero-order chi connectivity index (χ0) is 15.0. The van der Waals surface area contributed by atoms with Crippen LogP contribution in [-0.4, -0.2) is 15.6 Å². The Bertz CT molecular complexity index is 836. The first-order chi connectivity index (χ1) is 10.1. The van der Waals surface area contributed by atoms with Gasteiger partial charge in [0.25, 0.3) is 0 Å². The van der Waals surface area contributed by atoms with E-state index < -0.39 is 0 Å². The molecule has 0 unspecified atom stereocenters. The van der Waals surface area contributed by atoms with Gasteiger partial charge in [-0.2, -0.15) is 5.10 Å². The summed E-state index contributed by atoms with van der Waals surface area (Å²) in [5, 5.41) is 6.56. The minimum absolute atomic E-state index is 0.101. The van der Waals surface area contributed by atoms with Gasteiger partial charge >= 0.3 is 0 Å². The van der Waals surface area contributed by atoms with Crippen LogP contribution < -0.4 is 0 Å². The quantitative estimate of drug-likeness (QED) is 0.672. The fourth-order valence-electron chi connectivity index (χ4n) is 2.49. The lowest BCUT2D eigenvalue weighted by atomic mass is 10.0. The van der Waals surface area contributed by atoms with E-state index in [4.69, 9.17) is 0 Å². The minimum atomic E-state index is 0.101. The van der Waals surface area contributed by atoms with E-state index in [9.17, 15) is 4.79 Å². The molecular weight excluding hydrogens is 328 g/mol. The number of aromatic nitrogens is 2. The van der Waals surface area contributed by atoms with Crippen LogP contribution in [0.5, 0.6) is 0 Å². The van der Waals surface area contributed by atoms with Crippen LogP contribution in [0.25, 0.3) is 10.8 Å². The number of Topliss-reactive ketones (excluding diaryl/α,β-unsaturated/α-hetero) is 1. The molecule has 3 nitrogen and oxygen atoms in total. The van der Waals surface area contributed by atoms with E-state index in [1.165, 1.54) is 0 Å². The van der Waals surface area contributed by atoms with E-state index in [0.29, 0.717) is 6.42 Å². The molecule has 0 atom stereocenters. The monoisotopic (exact) mass is 342 g/mol. The molecule has 0 aliphatic rings. The van der Waals surface area contributed by atoms with E-state index in [2.05, 4.69) is 21.0 Å². The summed E-state index contributed by atoms with van der Waals surface area (Å²) in [5.74, 6) is 0.101. The van der Waals surface area contributed by atoms with Gasteiger partial charge in [0.2, 0.25) is 0 Å². The average molecular weight is 343 g/mol. The SMILES string of the molecule is Cc1nn(C)c(CC(=O)c2ccc3ccccc3c2)c1Br. The van der Waals surface area contributed by atoms with Crippen LogP contribution in [0.2, 0.25) is 0 Å². The molecule has 0 spiro atoms. The molecule has 3 aromatic rings. The predicted octanol–water partition coefficient (Wildman–Crippen LogP) is 4.07. The molecule has 4 heteroatoms. The van der Waals surface area contributed by atoms with Crippen LogP contribution in [0.4, 0.5) is 0 Å². The van der Waals surface area contributed by atoms with Gasteiger partial charge in [-0.25, -0.2) is 0 Å². The Kier molecular flexibility index (Phi) is 3.64. The topological polar surface area (TPSA) is 34.9 Å². The van der Waals surface area contributed by atoms with Gasteiger partial charge in [0, 0.05) is 12.6 Å². The minimum Gasteiger partial charge on any atom is -0.294 e.